The van der Waals surface area contributed by atoms with Crippen LogP contribution in [0.4, 0.5) is 0 Å². The van der Waals surface area contributed by atoms with Crippen LogP contribution in [0.15, 0.2) is 122 Å². The Labute approximate surface area is 650 Å². The Kier molecular flexibility index (Phi) is 81.8. The molecule has 2 unspecified atom stereocenters. The molecule has 0 rings (SSSR count). The molecule has 0 bridgehead atoms. The van der Waals surface area contributed by atoms with Crippen LogP contribution >= 0.6 is 0 Å². The first kappa shape index (κ1) is 101. The molecule has 0 aromatic carbocycles. The maximum Gasteiger partial charge on any atom is 0.306 e. The van der Waals surface area contributed by atoms with Gasteiger partial charge in [0.25, 0.3) is 0 Å². The lowest BCUT2D eigenvalue weighted by Gasteiger charge is -2.26. The average Bonchev–Trinajstić information content (AvgIpc) is 1.18. The number of unbranched alkanes of at least 4 members (excludes halogenated alkanes) is 48. The topological polar surface area (TPSA) is 111 Å². The summed E-state index contributed by atoms with van der Waals surface area (Å²) in [6.07, 6.45) is 119. The molecule has 2 atom stereocenters. The lowest BCUT2D eigenvalue weighted by Crippen LogP contribution is -2.44. The van der Waals surface area contributed by atoms with Gasteiger partial charge < -0.3 is 33.3 Å². The number of ether oxygens (including phenoxy) is 4. The fourth-order valence-electron chi connectivity index (χ4n) is 13.0. The van der Waals surface area contributed by atoms with Gasteiger partial charge in [0.2, 0.25) is 0 Å². The van der Waals surface area contributed by atoms with Crippen molar-refractivity contribution >= 4 is 17.9 Å². The normalized spacial score (nSPS) is 13.2. The Balaban J connectivity index is 3.92. The van der Waals surface area contributed by atoms with Crippen molar-refractivity contribution in [3.05, 3.63) is 122 Å². The van der Waals surface area contributed by atoms with E-state index in [0.717, 1.165) is 96.3 Å². The molecule has 0 saturated carbocycles. The van der Waals surface area contributed by atoms with Crippen LogP contribution in [-0.4, -0.2) is 82.3 Å². The van der Waals surface area contributed by atoms with E-state index in [9.17, 15) is 19.5 Å². The third-order valence-corrected chi connectivity index (χ3v) is 19.7. The second-order valence-corrected chi connectivity index (χ2v) is 31.1. The highest BCUT2D eigenvalue weighted by atomic mass is 16.7. The summed E-state index contributed by atoms with van der Waals surface area (Å²) >= 11 is 0. The Bertz CT molecular complexity index is 2160. The number of rotatable bonds is 83. The van der Waals surface area contributed by atoms with Crippen LogP contribution in [0.2, 0.25) is 0 Å². The van der Waals surface area contributed by atoms with Crippen molar-refractivity contribution in [1.29, 1.82) is 0 Å². The predicted molar refractivity (Wildman–Crippen MR) is 453 cm³/mol. The molecule has 0 aliphatic rings. The van der Waals surface area contributed by atoms with Gasteiger partial charge >= 0.3 is 11.9 Å². The monoisotopic (exact) mass is 1460 g/mol. The van der Waals surface area contributed by atoms with Gasteiger partial charge in [0.05, 0.1) is 40.3 Å². The Hall–Kier alpha value is -4.31. The zero-order chi connectivity index (χ0) is 76.0. The number of nitrogens with zero attached hydrogens (tertiary/aromatic N) is 1. The van der Waals surface area contributed by atoms with E-state index < -0.39 is 24.3 Å². The smallest absolute Gasteiger partial charge is 0.306 e. The van der Waals surface area contributed by atoms with Crippen molar-refractivity contribution in [3.8, 4) is 0 Å². The van der Waals surface area contributed by atoms with Crippen LogP contribution < -0.4 is 5.11 Å². The molecule has 0 heterocycles. The highest BCUT2D eigenvalue weighted by Gasteiger charge is 2.22. The SMILES string of the molecule is CC/C=C\C/C=C\C/C=C\C/C=C\C/C=C\CCCCCCCCCCCCCCCCCCCCCCCCCCCC(=O)OC(COC(=O)CCCCCCCCCCCCCCCCCCCCCCCCC/C=C\C/C=C\C/C=C\C/C=C\C/C=C\CC)COC(OCC[N+](C)(C)C)C(=O)[O-]. The van der Waals surface area contributed by atoms with Gasteiger partial charge in [-0.2, -0.15) is 0 Å². The number of allylic oxidation sites excluding steroid dienone is 20. The zero-order valence-electron chi connectivity index (χ0n) is 69.6. The van der Waals surface area contributed by atoms with Gasteiger partial charge in [0.15, 0.2) is 12.4 Å². The number of hydrogen-bond acceptors (Lipinski definition) is 8. The van der Waals surface area contributed by atoms with E-state index in [0.29, 0.717) is 23.9 Å². The number of quaternary nitrogens is 1. The van der Waals surface area contributed by atoms with Crippen molar-refractivity contribution in [2.24, 2.45) is 0 Å². The molecule has 0 spiro atoms. The van der Waals surface area contributed by atoms with Gasteiger partial charge in [-0.15, -0.1) is 0 Å². The Morgan fingerprint density at radius 3 is 0.762 bits per heavy atom. The van der Waals surface area contributed by atoms with Gasteiger partial charge in [-0.1, -0.05) is 418 Å². The number of carbonyl (C=O) groups excluding carboxylic acids is 3. The number of carboxylic acids is 1. The Morgan fingerprint density at radius 1 is 0.286 bits per heavy atom. The minimum absolute atomic E-state index is 0.148. The molecule has 606 valence electrons. The van der Waals surface area contributed by atoms with E-state index in [4.69, 9.17) is 18.9 Å². The summed E-state index contributed by atoms with van der Waals surface area (Å²) in [5.41, 5.74) is 0. The van der Waals surface area contributed by atoms with Crippen molar-refractivity contribution in [3.63, 3.8) is 0 Å². The lowest BCUT2D eigenvalue weighted by molar-refractivity contribution is -0.870. The molecule has 9 nitrogen and oxygen atoms in total. The van der Waals surface area contributed by atoms with Crippen LogP contribution in [0, 0.1) is 0 Å². The fourth-order valence-corrected chi connectivity index (χ4v) is 13.0. The van der Waals surface area contributed by atoms with E-state index in [1.54, 1.807) is 0 Å². The molecule has 0 amide bonds. The quantitative estimate of drug-likeness (QED) is 0.0195. The summed E-state index contributed by atoms with van der Waals surface area (Å²) in [4.78, 5) is 37.7. The number of esters is 2. The molecule has 0 fully saturated rings. The third-order valence-electron chi connectivity index (χ3n) is 19.7. The van der Waals surface area contributed by atoms with E-state index in [1.165, 1.54) is 283 Å². The molecule has 105 heavy (non-hydrogen) atoms. The minimum atomic E-state index is -1.62. The molecule has 0 radical (unpaired) electrons. The van der Waals surface area contributed by atoms with Crippen LogP contribution in [0.5, 0.6) is 0 Å². The Morgan fingerprint density at radius 2 is 0.514 bits per heavy atom. The largest absolute Gasteiger partial charge is 0.545 e. The first-order valence-electron chi connectivity index (χ1n) is 44.7. The number of aliphatic carboxylic acids is 1. The van der Waals surface area contributed by atoms with Crippen LogP contribution in [0.25, 0.3) is 0 Å². The van der Waals surface area contributed by atoms with Gasteiger partial charge in [-0.25, -0.2) is 0 Å². The molecule has 0 aromatic heterocycles. The predicted octanol–water partition coefficient (Wildman–Crippen LogP) is 28.0. The maximum atomic E-state index is 13.0. The summed E-state index contributed by atoms with van der Waals surface area (Å²) in [5, 5.41) is 11.9. The summed E-state index contributed by atoms with van der Waals surface area (Å²) in [5.74, 6) is -2.26. The summed E-state index contributed by atoms with van der Waals surface area (Å²) < 4.78 is 22.9. The van der Waals surface area contributed by atoms with Gasteiger partial charge in [-0.05, 0) is 103 Å². The second-order valence-electron chi connectivity index (χ2n) is 31.1. The van der Waals surface area contributed by atoms with Crippen molar-refractivity contribution in [1.82, 2.24) is 0 Å². The van der Waals surface area contributed by atoms with Crippen LogP contribution in [0.3, 0.4) is 0 Å². The van der Waals surface area contributed by atoms with Crippen molar-refractivity contribution in [2.75, 3.05) is 47.5 Å². The molecule has 0 aliphatic carbocycles. The molecule has 0 aromatic rings. The van der Waals surface area contributed by atoms with Gasteiger partial charge in [0.1, 0.15) is 13.2 Å². The molecule has 0 aliphatic heterocycles. The van der Waals surface area contributed by atoms with Crippen molar-refractivity contribution in [2.45, 2.75) is 424 Å². The van der Waals surface area contributed by atoms with Crippen molar-refractivity contribution < 1.29 is 42.9 Å². The van der Waals surface area contributed by atoms with E-state index in [-0.39, 0.29) is 32.2 Å². The first-order chi connectivity index (χ1) is 51.6. The number of carbonyl (C=O) groups is 3. The highest BCUT2D eigenvalue weighted by molar-refractivity contribution is 5.70. The van der Waals surface area contributed by atoms with Gasteiger partial charge in [0, 0.05) is 12.8 Å². The maximum absolute atomic E-state index is 13.0. The average molecular weight is 1470 g/mol. The summed E-state index contributed by atoms with van der Waals surface area (Å²) in [7, 11) is 5.95. The van der Waals surface area contributed by atoms with E-state index in [2.05, 4.69) is 135 Å². The molecule has 9 heteroatoms. The third kappa shape index (κ3) is 86.8. The zero-order valence-corrected chi connectivity index (χ0v) is 69.6. The number of carboxylic acid groups (broad SMARTS) is 1. The fraction of sp³-hybridized carbons (Fsp3) is 0.760. The minimum Gasteiger partial charge on any atom is -0.545 e. The van der Waals surface area contributed by atoms with Gasteiger partial charge in [-0.3, -0.25) is 9.59 Å². The molecular formula is C96H169NO8. The first-order valence-corrected chi connectivity index (χ1v) is 44.7. The van der Waals surface area contributed by atoms with E-state index in [1.807, 2.05) is 21.1 Å². The molecular weight excluding hydrogens is 1300 g/mol. The standard InChI is InChI=1S/C96H169NO8/c1-6-8-10-12-14-16-18-20-22-24-26-28-30-32-34-36-38-40-42-44-46-47-49-51-53-55-57-59-61-63-65-67-69-71-73-75-77-79-81-83-85-87-94(99)105-92(91-104-96(95(100)101)102-89-88-97(3,4)5)90-103-93(98)86-84-82-80-78-76-74-72-70-68-66-64-62-60-58-56-54-52-50-48-45-43-41-39-37-35-33-31-29-27-25-23-21-19-17-15-13-11-9-7-2/h8-11,14-17,20-23,26-29,32-35,92,96H,6-7,12-13,18-19,24-25,30-31,36-91H2,1-5H3/b10-8-,11-9-,16-14-,17-15-,22-20-,23-21-,28-26-,29-27-,34-32-,35-33-. The van der Waals surface area contributed by atoms with Crippen LogP contribution in [-0.2, 0) is 33.3 Å². The molecule has 0 N–H and O–H groups in total. The second kappa shape index (κ2) is 85.3. The summed E-state index contributed by atoms with van der Waals surface area (Å²) in [6, 6.07) is 0. The lowest BCUT2D eigenvalue weighted by atomic mass is 10.0. The van der Waals surface area contributed by atoms with Crippen LogP contribution in [0.1, 0.15) is 412 Å². The highest BCUT2D eigenvalue weighted by Crippen LogP contribution is 2.20. The van der Waals surface area contributed by atoms with E-state index >= 15 is 0 Å². The molecule has 0 saturated heterocycles. The number of hydrogen-bond donors (Lipinski definition) is 0. The number of likely N-dealkylation sites (N-methyl/N-ethyl adjacent to an activating group) is 1. The summed E-state index contributed by atoms with van der Waals surface area (Å²) in [6.45, 7) is 4.58.